The molecule has 23 heavy (non-hydrogen) atoms. The number of carbonyl (C=O) groups excluding carboxylic acids is 1. The van der Waals surface area contributed by atoms with Crippen LogP contribution in [0.5, 0.6) is 0 Å². The summed E-state index contributed by atoms with van der Waals surface area (Å²) in [4.78, 5) is 12.4. The van der Waals surface area contributed by atoms with Gasteiger partial charge in [-0.25, -0.2) is 4.79 Å². The number of esters is 1. The van der Waals surface area contributed by atoms with Crippen molar-refractivity contribution in [1.29, 1.82) is 0 Å². The fourth-order valence-corrected chi connectivity index (χ4v) is 5.29. The minimum absolute atomic E-state index is 0.121. The minimum Gasteiger partial charge on any atom is -0.466 e. The number of hydrogen-bond acceptors (Lipinski definition) is 2. The summed E-state index contributed by atoms with van der Waals surface area (Å²) in [5.74, 6) is 1.34. The van der Waals surface area contributed by atoms with Crippen molar-refractivity contribution in [2.45, 2.75) is 66.2 Å². The first-order valence-electron chi connectivity index (χ1n) is 9.17. The molecule has 0 amide bonds. The molecular formula is C21H34O2. The van der Waals surface area contributed by atoms with Crippen molar-refractivity contribution in [3.63, 3.8) is 0 Å². The second-order valence-electron chi connectivity index (χ2n) is 8.63. The molecule has 0 spiro atoms. The van der Waals surface area contributed by atoms with E-state index in [1.165, 1.54) is 26.4 Å². The smallest absolute Gasteiger partial charge is 0.333 e. The number of allylic oxidation sites excluding steroid dienone is 2. The Balaban J connectivity index is 2.36. The molecule has 2 nitrogen and oxygen atoms in total. The van der Waals surface area contributed by atoms with Crippen LogP contribution in [0.1, 0.15) is 66.2 Å². The quantitative estimate of drug-likeness (QED) is 0.491. The van der Waals surface area contributed by atoms with Crippen LogP contribution in [0.25, 0.3) is 0 Å². The van der Waals surface area contributed by atoms with Crippen LogP contribution in [0.4, 0.5) is 0 Å². The lowest BCUT2D eigenvalue weighted by atomic mass is 9.48. The molecule has 2 aliphatic carbocycles. The number of carbonyl (C=O) groups is 1. The molecule has 2 aliphatic rings. The van der Waals surface area contributed by atoms with Gasteiger partial charge in [0, 0.05) is 5.57 Å². The molecule has 0 saturated heterocycles. The standard InChI is InChI=1S/C21H34O2/c1-7-15(2)9-11-17-16(19(22)23-6)10-12-18-20(3,4)13-8-14-21(17,18)5/h7,10,15,17-18H,1,8-9,11-14H2,2-6H3/t15-,17+,18+,21-/m1/s1. The van der Waals surface area contributed by atoms with E-state index in [9.17, 15) is 4.79 Å². The van der Waals surface area contributed by atoms with Crippen molar-refractivity contribution >= 4 is 5.97 Å². The lowest BCUT2D eigenvalue weighted by Crippen LogP contribution is -2.49. The normalized spacial score (nSPS) is 34.0. The molecule has 0 radical (unpaired) electrons. The van der Waals surface area contributed by atoms with E-state index in [1.54, 1.807) is 0 Å². The van der Waals surface area contributed by atoms with Gasteiger partial charge in [-0.15, -0.1) is 6.58 Å². The average molecular weight is 319 g/mol. The highest BCUT2D eigenvalue weighted by Crippen LogP contribution is 2.60. The van der Waals surface area contributed by atoms with E-state index < -0.39 is 0 Å². The van der Waals surface area contributed by atoms with Gasteiger partial charge in [-0.1, -0.05) is 46.3 Å². The van der Waals surface area contributed by atoms with E-state index in [0.717, 1.165) is 24.8 Å². The molecular weight excluding hydrogens is 284 g/mol. The van der Waals surface area contributed by atoms with Crippen molar-refractivity contribution in [2.24, 2.45) is 28.6 Å². The van der Waals surface area contributed by atoms with Gasteiger partial charge >= 0.3 is 5.97 Å². The molecule has 1 saturated carbocycles. The van der Waals surface area contributed by atoms with E-state index in [-0.39, 0.29) is 11.4 Å². The Hall–Kier alpha value is -1.05. The van der Waals surface area contributed by atoms with E-state index in [4.69, 9.17) is 4.74 Å². The van der Waals surface area contributed by atoms with Gasteiger partial charge in [0.25, 0.3) is 0 Å². The summed E-state index contributed by atoms with van der Waals surface area (Å²) in [5.41, 5.74) is 1.49. The molecule has 4 atom stereocenters. The molecule has 0 aromatic carbocycles. The Morgan fingerprint density at radius 3 is 2.74 bits per heavy atom. The summed E-state index contributed by atoms with van der Waals surface area (Å²) in [6.07, 6.45) is 11.2. The van der Waals surface area contributed by atoms with Crippen LogP contribution in [0.3, 0.4) is 0 Å². The van der Waals surface area contributed by atoms with Gasteiger partial charge in [-0.3, -0.25) is 0 Å². The van der Waals surface area contributed by atoms with Gasteiger partial charge in [0.1, 0.15) is 0 Å². The third-order valence-electron chi connectivity index (χ3n) is 6.76. The maximum atomic E-state index is 12.4. The number of hydrogen-bond donors (Lipinski definition) is 0. The lowest BCUT2D eigenvalue weighted by Gasteiger charge is -2.56. The van der Waals surface area contributed by atoms with E-state index >= 15 is 0 Å². The van der Waals surface area contributed by atoms with Crippen molar-refractivity contribution in [1.82, 2.24) is 0 Å². The topological polar surface area (TPSA) is 26.3 Å². The first kappa shape index (κ1) is 18.3. The van der Waals surface area contributed by atoms with Crippen LogP contribution in [0.2, 0.25) is 0 Å². The molecule has 2 rings (SSSR count). The zero-order chi connectivity index (χ0) is 17.3. The van der Waals surface area contributed by atoms with Gasteiger partial charge in [0.2, 0.25) is 0 Å². The summed E-state index contributed by atoms with van der Waals surface area (Å²) < 4.78 is 5.10. The lowest BCUT2D eigenvalue weighted by molar-refractivity contribution is -0.139. The van der Waals surface area contributed by atoms with Crippen molar-refractivity contribution in [3.05, 3.63) is 24.3 Å². The molecule has 0 aromatic rings. The van der Waals surface area contributed by atoms with Crippen LogP contribution in [-0.4, -0.2) is 13.1 Å². The predicted octanol–water partition coefficient (Wildman–Crippen LogP) is 5.54. The third-order valence-corrected chi connectivity index (χ3v) is 6.76. The van der Waals surface area contributed by atoms with Crippen LogP contribution in [0, 0.1) is 28.6 Å². The van der Waals surface area contributed by atoms with Gasteiger partial charge in [-0.2, -0.15) is 0 Å². The van der Waals surface area contributed by atoms with Crippen LogP contribution in [-0.2, 0) is 9.53 Å². The monoisotopic (exact) mass is 318 g/mol. The molecule has 0 aromatic heterocycles. The summed E-state index contributed by atoms with van der Waals surface area (Å²) in [5, 5.41) is 0. The minimum atomic E-state index is -0.121. The molecule has 0 N–H and O–H groups in total. The summed E-state index contributed by atoms with van der Waals surface area (Å²) >= 11 is 0. The van der Waals surface area contributed by atoms with Crippen LogP contribution < -0.4 is 0 Å². The van der Waals surface area contributed by atoms with E-state index in [2.05, 4.69) is 40.3 Å². The first-order valence-corrected chi connectivity index (χ1v) is 9.17. The van der Waals surface area contributed by atoms with Gasteiger partial charge < -0.3 is 4.74 Å². The Morgan fingerprint density at radius 1 is 1.43 bits per heavy atom. The maximum Gasteiger partial charge on any atom is 0.333 e. The molecule has 1 fully saturated rings. The Kier molecular flexibility index (Phi) is 5.43. The maximum absolute atomic E-state index is 12.4. The highest BCUT2D eigenvalue weighted by molar-refractivity contribution is 5.89. The number of ether oxygens (including phenoxy) is 1. The average Bonchev–Trinajstić information content (AvgIpc) is 2.50. The van der Waals surface area contributed by atoms with E-state index in [1.807, 2.05) is 6.08 Å². The molecule has 2 heteroatoms. The zero-order valence-electron chi connectivity index (χ0n) is 15.7. The highest BCUT2D eigenvalue weighted by atomic mass is 16.5. The second kappa shape index (κ2) is 6.83. The zero-order valence-corrected chi connectivity index (χ0v) is 15.7. The number of rotatable bonds is 5. The Labute approximate surface area is 142 Å². The van der Waals surface area contributed by atoms with E-state index in [0.29, 0.717) is 23.2 Å². The summed E-state index contributed by atoms with van der Waals surface area (Å²) in [6, 6.07) is 0. The number of methoxy groups -OCH3 is 1. The van der Waals surface area contributed by atoms with Gasteiger partial charge in [0.15, 0.2) is 0 Å². The van der Waals surface area contributed by atoms with Crippen molar-refractivity contribution < 1.29 is 9.53 Å². The van der Waals surface area contributed by atoms with Crippen LogP contribution in [0.15, 0.2) is 24.3 Å². The predicted molar refractivity (Wildman–Crippen MR) is 96.0 cm³/mol. The largest absolute Gasteiger partial charge is 0.466 e. The fourth-order valence-electron chi connectivity index (χ4n) is 5.29. The fraction of sp³-hybridized carbons (Fsp3) is 0.762. The Morgan fingerprint density at radius 2 is 2.13 bits per heavy atom. The SMILES string of the molecule is C=C[C@@H](C)CC[C@H]1C(C(=O)OC)=CC[C@H]2C(C)(C)CCC[C@]12C. The molecule has 0 bridgehead atoms. The third kappa shape index (κ3) is 3.41. The van der Waals surface area contributed by atoms with Crippen LogP contribution >= 0.6 is 0 Å². The molecule has 0 unspecified atom stereocenters. The number of fused-ring (bicyclic) bond motifs is 1. The van der Waals surface area contributed by atoms with Crippen molar-refractivity contribution in [2.75, 3.05) is 7.11 Å². The molecule has 130 valence electrons. The summed E-state index contributed by atoms with van der Waals surface area (Å²) in [6.45, 7) is 13.4. The molecule has 0 heterocycles. The van der Waals surface area contributed by atoms with Crippen molar-refractivity contribution in [3.8, 4) is 0 Å². The molecule has 0 aliphatic heterocycles. The second-order valence-corrected chi connectivity index (χ2v) is 8.63. The first-order chi connectivity index (χ1) is 10.8. The van der Waals surface area contributed by atoms with Gasteiger partial charge in [0.05, 0.1) is 7.11 Å². The Bertz CT molecular complexity index is 488. The summed E-state index contributed by atoms with van der Waals surface area (Å²) in [7, 11) is 1.51. The van der Waals surface area contributed by atoms with Gasteiger partial charge in [-0.05, 0) is 60.7 Å². The highest BCUT2D eigenvalue weighted by Gasteiger charge is 2.53.